The summed E-state index contributed by atoms with van der Waals surface area (Å²) in [5.74, 6) is 0.846. The normalized spacial score (nSPS) is 31.4. The van der Waals surface area contributed by atoms with E-state index in [1.165, 1.54) is 31.4 Å². The first kappa shape index (κ1) is 11.3. The summed E-state index contributed by atoms with van der Waals surface area (Å²) in [4.78, 5) is 4.35. The van der Waals surface area contributed by atoms with Crippen molar-refractivity contribution in [3.8, 4) is 0 Å². The van der Waals surface area contributed by atoms with Gasteiger partial charge in [0.1, 0.15) is 0 Å². The fourth-order valence-corrected chi connectivity index (χ4v) is 3.00. The van der Waals surface area contributed by atoms with Crippen LogP contribution in [0.25, 0.3) is 0 Å². The third-order valence-corrected chi connectivity index (χ3v) is 4.55. The van der Waals surface area contributed by atoms with Gasteiger partial charge < -0.3 is 9.88 Å². The van der Waals surface area contributed by atoms with E-state index >= 15 is 0 Å². The van der Waals surface area contributed by atoms with Crippen molar-refractivity contribution < 1.29 is 0 Å². The molecule has 2 heterocycles. The molecule has 17 heavy (non-hydrogen) atoms. The Kier molecular flexibility index (Phi) is 2.74. The van der Waals surface area contributed by atoms with Gasteiger partial charge in [-0.15, -0.1) is 0 Å². The van der Waals surface area contributed by atoms with Gasteiger partial charge in [0.2, 0.25) is 0 Å². The summed E-state index contributed by atoms with van der Waals surface area (Å²) in [6, 6.07) is 0.535. The molecule has 1 aromatic rings. The van der Waals surface area contributed by atoms with Crippen LogP contribution in [0.15, 0.2) is 12.5 Å². The Balaban J connectivity index is 1.70. The molecule has 2 aliphatic rings. The minimum atomic E-state index is 0.535. The van der Waals surface area contributed by atoms with Gasteiger partial charge in [0.05, 0.1) is 12.0 Å². The number of hydrogen-bond acceptors (Lipinski definition) is 2. The highest BCUT2D eigenvalue weighted by atomic mass is 15.1. The predicted octanol–water partition coefficient (Wildman–Crippen LogP) is 2.74. The SMILES string of the molecule is CC1(C)CC1Cn1cncc1C1CCCCN1. The first-order valence-electron chi connectivity index (χ1n) is 6.90. The summed E-state index contributed by atoms with van der Waals surface area (Å²) in [6.45, 7) is 7.05. The zero-order chi connectivity index (χ0) is 11.9. The number of piperidine rings is 1. The number of nitrogens with one attached hydrogen (secondary N) is 1. The standard InChI is InChI=1S/C14H23N3/c1-14(2)7-11(14)9-17-10-15-8-13(17)12-5-3-4-6-16-12/h8,10-12,16H,3-7,9H2,1-2H3. The molecule has 0 radical (unpaired) electrons. The average molecular weight is 233 g/mol. The van der Waals surface area contributed by atoms with Crippen molar-refractivity contribution in [1.82, 2.24) is 14.9 Å². The van der Waals surface area contributed by atoms with Gasteiger partial charge in [-0.1, -0.05) is 20.3 Å². The highest BCUT2D eigenvalue weighted by Gasteiger charge is 2.45. The molecule has 2 atom stereocenters. The molecular weight excluding hydrogens is 210 g/mol. The third-order valence-electron chi connectivity index (χ3n) is 4.55. The fourth-order valence-electron chi connectivity index (χ4n) is 3.00. The zero-order valence-electron chi connectivity index (χ0n) is 10.9. The van der Waals surface area contributed by atoms with Crippen LogP contribution in [-0.4, -0.2) is 16.1 Å². The maximum atomic E-state index is 4.35. The van der Waals surface area contributed by atoms with Crippen molar-refractivity contribution >= 4 is 0 Å². The van der Waals surface area contributed by atoms with Crippen LogP contribution < -0.4 is 5.32 Å². The van der Waals surface area contributed by atoms with Gasteiger partial charge in [-0.25, -0.2) is 4.98 Å². The topological polar surface area (TPSA) is 29.9 Å². The highest BCUT2D eigenvalue weighted by Crippen LogP contribution is 2.52. The monoisotopic (exact) mass is 233 g/mol. The smallest absolute Gasteiger partial charge is 0.0948 e. The van der Waals surface area contributed by atoms with Crippen molar-refractivity contribution in [2.75, 3.05) is 6.54 Å². The minimum absolute atomic E-state index is 0.535. The summed E-state index contributed by atoms with van der Waals surface area (Å²) in [5, 5.41) is 3.62. The number of rotatable bonds is 3. The van der Waals surface area contributed by atoms with Crippen molar-refractivity contribution in [3.05, 3.63) is 18.2 Å². The van der Waals surface area contributed by atoms with E-state index in [2.05, 4.69) is 34.9 Å². The lowest BCUT2D eigenvalue weighted by molar-refractivity contribution is 0.385. The average Bonchev–Trinajstić information content (AvgIpc) is 2.76. The van der Waals surface area contributed by atoms with Gasteiger partial charge in [-0.3, -0.25) is 0 Å². The fraction of sp³-hybridized carbons (Fsp3) is 0.786. The van der Waals surface area contributed by atoms with Crippen LogP contribution in [0.5, 0.6) is 0 Å². The van der Waals surface area contributed by atoms with Crippen LogP contribution in [0, 0.1) is 11.3 Å². The lowest BCUT2D eigenvalue weighted by Gasteiger charge is -2.24. The summed E-state index contributed by atoms with van der Waals surface area (Å²) in [6.07, 6.45) is 9.36. The Morgan fingerprint density at radius 2 is 2.29 bits per heavy atom. The van der Waals surface area contributed by atoms with E-state index in [1.54, 1.807) is 0 Å². The van der Waals surface area contributed by atoms with Crippen molar-refractivity contribution in [1.29, 1.82) is 0 Å². The molecule has 3 nitrogen and oxygen atoms in total. The molecule has 3 rings (SSSR count). The molecule has 3 heteroatoms. The van der Waals surface area contributed by atoms with Gasteiger partial charge in [0.25, 0.3) is 0 Å². The molecule has 1 aliphatic heterocycles. The van der Waals surface area contributed by atoms with E-state index in [0.717, 1.165) is 19.0 Å². The van der Waals surface area contributed by atoms with Gasteiger partial charge in [-0.05, 0) is 37.1 Å². The van der Waals surface area contributed by atoms with Gasteiger partial charge >= 0.3 is 0 Å². The minimum Gasteiger partial charge on any atom is -0.333 e. The second kappa shape index (κ2) is 4.13. The molecule has 94 valence electrons. The first-order chi connectivity index (χ1) is 8.17. The van der Waals surface area contributed by atoms with E-state index in [0.29, 0.717) is 11.5 Å². The van der Waals surface area contributed by atoms with Crippen molar-refractivity contribution in [3.63, 3.8) is 0 Å². The van der Waals surface area contributed by atoms with Crippen LogP contribution in [-0.2, 0) is 6.54 Å². The van der Waals surface area contributed by atoms with Crippen LogP contribution in [0.1, 0.15) is 51.3 Å². The number of nitrogens with zero attached hydrogens (tertiary/aromatic N) is 2. The van der Waals surface area contributed by atoms with Crippen LogP contribution in [0.4, 0.5) is 0 Å². The number of hydrogen-bond donors (Lipinski definition) is 1. The molecule has 0 amide bonds. The molecular formula is C14H23N3. The van der Waals surface area contributed by atoms with Gasteiger partial charge in [0.15, 0.2) is 0 Å². The van der Waals surface area contributed by atoms with E-state index in [1.807, 2.05) is 6.33 Å². The molecule has 2 unspecified atom stereocenters. The molecule has 0 aromatic carbocycles. The molecule has 0 spiro atoms. The van der Waals surface area contributed by atoms with Gasteiger partial charge in [0, 0.05) is 18.8 Å². The number of aromatic nitrogens is 2. The molecule has 1 saturated heterocycles. The Labute approximate surface area is 104 Å². The van der Waals surface area contributed by atoms with E-state index in [9.17, 15) is 0 Å². The molecule has 2 fully saturated rings. The lowest BCUT2D eigenvalue weighted by atomic mass is 10.0. The molecule has 1 aromatic heterocycles. The molecule has 1 saturated carbocycles. The van der Waals surface area contributed by atoms with E-state index < -0.39 is 0 Å². The maximum absolute atomic E-state index is 4.35. The van der Waals surface area contributed by atoms with Crippen LogP contribution >= 0.6 is 0 Å². The number of imidazole rings is 1. The third kappa shape index (κ3) is 2.25. The first-order valence-corrected chi connectivity index (χ1v) is 6.90. The largest absolute Gasteiger partial charge is 0.333 e. The summed E-state index contributed by atoms with van der Waals surface area (Å²) in [5.41, 5.74) is 1.95. The summed E-state index contributed by atoms with van der Waals surface area (Å²) < 4.78 is 2.38. The van der Waals surface area contributed by atoms with Gasteiger partial charge in [-0.2, -0.15) is 0 Å². The van der Waals surface area contributed by atoms with Crippen molar-refractivity contribution in [2.24, 2.45) is 11.3 Å². The summed E-state index contributed by atoms with van der Waals surface area (Å²) in [7, 11) is 0. The lowest BCUT2D eigenvalue weighted by Crippen LogP contribution is -2.28. The van der Waals surface area contributed by atoms with Crippen LogP contribution in [0.3, 0.4) is 0 Å². The summed E-state index contributed by atoms with van der Waals surface area (Å²) >= 11 is 0. The van der Waals surface area contributed by atoms with E-state index in [-0.39, 0.29) is 0 Å². The highest BCUT2D eigenvalue weighted by molar-refractivity contribution is 5.08. The molecule has 0 bridgehead atoms. The Bertz CT molecular complexity index is 388. The molecule has 1 N–H and O–H groups in total. The Morgan fingerprint density at radius 3 is 2.94 bits per heavy atom. The second-order valence-electron chi connectivity index (χ2n) is 6.36. The van der Waals surface area contributed by atoms with Crippen LogP contribution in [0.2, 0.25) is 0 Å². The van der Waals surface area contributed by atoms with E-state index in [4.69, 9.17) is 0 Å². The van der Waals surface area contributed by atoms with Crippen molar-refractivity contribution in [2.45, 2.75) is 52.1 Å². The maximum Gasteiger partial charge on any atom is 0.0948 e. The second-order valence-corrected chi connectivity index (χ2v) is 6.36. The quantitative estimate of drug-likeness (QED) is 0.870. The Morgan fingerprint density at radius 1 is 1.47 bits per heavy atom. The predicted molar refractivity (Wildman–Crippen MR) is 68.7 cm³/mol. The molecule has 1 aliphatic carbocycles. The Hall–Kier alpha value is -0.830. The zero-order valence-corrected chi connectivity index (χ0v) is 10.9.